The van der Waals surface area contributed by atoms with Crippen molar-refractivity contribution in [1.29, 1.82) is 0 Å². The second kappa shape index (κ2) is 5.39. The molecule has 0 saturated carbocycles. The van der Waals surface area contributed by atoms with Gasteiger partial charge in [0.25, 0.3) is 5.91 Å². The second-order valence-electron chi connectivity index (χ2n) is 6.35. The number of amides is 1. The summed E-state index contributed by atoms with van der Waals surface area (Å²) >= 11 is 0. The van der Waals surface area contributed by atoms with E-state index in [2.05, 4.69) is 12.1 Å². The molecule has 4 nitrogen and oxygen atoms in total. The number of hydrogen-bond donors (Lipinski definition) is 0. The summed E-state index contributed by atoms with van der Waals surface area (Å²) in [5, 5.41) is 1.92. The van der Waals surface area contributed by atoms with Crippen LogP contribution >= 0.6 is 0 Å². The van der Waals surface area contributed by atoms with Crippen molar-refractivity contribution in [2.45, 2.75) is 24.5 Å². The lowest BCUT2D eigenvalue weighted by Crippen LogP contribution is -2.39. The molecule has 2 atom stereocenters. The van der Waals surface area contributed by atoms with Gasteiger partial charge in [-0.1, -0.05) is 48.5 Å². The van der Waals surface area contributed by atoms with Gasteiger partial charge in [-0.3, -0.25) is 9.63 Å². The van der Waals surface area contributed by atoms with E-state index in [9.17, 15) is 4.79 Å². The van der Waals surface area contributed by atoms with E-state index >= 15 is 0 Å². The smallest absolute Gasteiger partial charge is 0.257 e. The Bertz CT molecular complexity index is 654. The lowest BCUT2D eigenvalue weighted by Gasteiger charge is -2.26. The van der Waals surface area contributed by atoms with Gasteiger partial charge in [0.2, 0.25) is 0 Å². The Labute approximate surface area is 136 Å². The molecule has 2 aromatic carbocycles. The van der Waals surface area contributed by atoms with Crippen molar-refractivity contribution in [3.8, 4) is 0 Å². The third-order valence-electron chi connectivity index (χ3n) is 4.86. The van der Waals surface area contributed by atoms with Crippen LogP contribution in [0.2, 0.25) is 0 Å². The van der Waals surface area contributed by atoms with E-state index < -0.39 is 5.60 Å². The van der Waals surface area contributed by atoms with E-state index in [1.54, 1.807) is 4.90 Å². The SMILES string of the molecule is CN1CC[C@@]2(C[C@@H](c3ccccc3)N(c3ccccc3)O2)C1=O. The summed E-state index contributed by atoms with van der Waals surface area (Å²) in [5.74, 6) is 0.0943. The first-order chi connectivity index (χ1) is 11.2. The van der Waals surface area contributed by atoms with E-state index in [-0.39, 0.29) is 11.9 Å². The zero-order valence-electron chi connectivity index (χ0n) is 13.2. The standard InChI is InChI=1S/C19H20N2O2/c1-20-13-12-19(18(20)22)14-17(15-8-4-2-5-9-15)21(23-19)16-10-6-3-7-11-16/h2-11,17H,12-14H2,1H3/t17-,19+/m0/s1. The summed E-state index contributed by atoms with van der Waals surface area (Å²) in [4.78, 5) is 20.7. The van der Waals surface area contributed by atoms with Crippen LogP contribution in [0, 0.1) is 0 Å². The zero-order chi connectivity index (χ0) is 15.9. The Morgan fingerprint density at radius 2 is 1.70 bits per heavy atom. The van der Waals surface area contributed by atoms with Crippen molar-refractivity contribution in [3.05, 3.63) is 66.2 Å². The molecule has 0 radical (unpaired) electrons. The molecular weight excluding hydrogens is 288 g/mol. The van der Waals surface area contributed by atoms with Crippen molar-refractivity contribution in [1.82, 2.24) is 4.90 Å². The number of carbonyl (C=O) groups excluding carboxylic acids is 1. The van der Waals surface area contributed by atoms with Gasteiger partial charge in [-0.05, 0) is 17.7 Å². The molecule has 0 N–H and O–H groups in total. The number of hydrogen-bond acceptors (Lipinski definition) is 3. The van der Waals surface area contributed by atoms with E-state index in [1.165, 1.54) is 5.56 Å². The van der Waals surface area contributed by atoms with E-state index in [0.717, 1.165) is 18.7 Å². The largest absolute Gasteiger partial charge is 0.343 e. The number of carbonyl (C=O) groups is 1. The molecule has 0 aromatic heterocycles. The lowest BCUT2D eigenvalue weighted by atomic mass is 9.91. The molecule has 118 valence electrons. The maximum Gasteiger partial charge on any atom is 0.257 e. The second-order valence-corrected chi connectivity index (χ2v) is 6.35. The highest BCUT2D eigenvalue weighted by Crippen LogP contribution is 2.47. The third-order valence-corrected chi connectivity index (χ3v) is 4.86. The number of likely N-dealkylation sites (tertiary alicyclic amines) is 1. The van der Waals surface area contributed by atoms with Crippen molar-refractivity contribution in [2.24, 2.45) is 0 Å². The molecule has 23 heavy (non-hydrogen) atoms. The Balaban J connectivity index is 1.74. The molecule has 1 spiro atoms. The van der Waals surface area contributed by atoms with E-state index in [4.69, 9.17) is 4.84 Å². The van der Waals surface area contributed by atoms with Gasteiger partial charge in [0, 0.05) is 26.4 Å². The lowest BCUT2D eigenvalue weighted by molar-refractivity contribution is -0.144. The summed E-state index contributed by atoms with van der Waals surface area (Å²) in [6, 6.07) is 20.4. The van der Waals surface area contributed by atoms with Gasteiger partial charge < -0.3 is 4.90 Å². The van der Waals surface area contributed by atoms with Crippen LogP contribution in [0.25, 0.3) is 0 Å². The van der Waals surface area contributed by atoms with Gasteiger partial charge >= 0.3 is 0 Å². The average molecular weight is 308 g/mol. The predicted molar refractivity (Wildman–Crippen MR) is 88.8 cm³/mol. The molecule has 4 rings (SSSR count). The Morgan fingerprint density at radius 3 is 2.30 bits per heavy atom. The highest BCUT2D eigenvalue weighted by molar-refractivity contribution is 5.88. The first kappa shape index (κ1) is 14.3. The monoisotopic (exact) mass is 308 g/mol. The van der Waals surface area contributed by atoms with Gasteiger partial charge in [-0.15, -0.1) is 0 Å². The number of likely N-dealkylation sites (N-methyl/N-ethyl adjacent to an activating group) is 1. The summed E-state index contributed by atoms with van der Waals surface area (Å²) in [7, 11) is 1.85. The van der Waals surface area contributed by atoms with Crippen molar-refractivity contribution < 1.29 is 9.63 Å². The van der Waals surface area contributed by atoms with Gasteiger partial charge in [0.1, 0.15) is 0 Å². The normalized spacial score (nSPS) is 27.2. The van der Waals surface area contributed by atoms with Gasteiger partial charge in [0.15, 0.2) is 5.60 Å². The van der Waals surface area contributed by atoms with Crippen LogP contribution in [0.3, 0.4) is 0 Å². The Morgan fingerprint density at radius 1 is 1.04 bits per heavy atom. The van der Waals surface area contributed by atoms with E-state index in [1.807, 2.05) is 60.6 Å². The maximum absolute atomic E-state index is 12.7. The summed E-state index contributed by atoms with van der Waals surface area (Å²) in [5.41, 5.74) is 1.45. The fourth-order valence-electron chi connectivity index (χ4n) is 3.60. The number of benzene rings is 2. The molecule has 2 heterocycles. The molecule has 1 amide bonds. The van der Waals surface area contributed by atoms with Crippen LogP contribution in [0.1, 0.15) is 24.4 Å². The molecule has 2 fully saturated rings. The van der Waals surface area contributed by atoms with Crippen molar-refractivity contribution in [3.63, 3.8) is 0 Å². The average Bonchev–Trinajstić information content (AvgIpc) is 3.13. The maximum atomic E-state index is 12.7. The topological polar surface area (TPSA) is 32.8 Å². The molecule has 0 bridgehead atoms. The van der Waals surface area contributed by atoms with E-state index in [0.29, 0.717) is 6.42 Å². The molecule has 4 heteroatoms. The van der Waals surface area contributed by atoms with Crippen LogP contribution in [0.15, 0.2) is 60.7 Å². The quantitative estimate of drug-likeness (QED) is 0.854. The first-order valence-corrected chi connectivity index (χ1v) is 8.04. The van der Waals surface area contributed by atoms with Gasteiger partial charge in [-0.2, -0.15) is 0 Å². The Hall–Kier alpha value is -2.33. The summed E-state index contributed by atoms with van der Waals surface area (Å²) in [6.07, 6.45) is 1.43. The summed E-state index contributed by atoms with van der Waals surface area (Å²) in [6.45, 7) is 0.753. The Kier molecular flexibility index (Phi) is 3.34. The molecule has 0 unspecified atom stereocenters. The minimum atomic E-state index is -0.717. The van der Waals surface area contributed by atoms with Crippen LogP contribution in [0.4, 0.5) is 5.69 Å². The fraction of sp³-hybridized carbons (Fsp3) is 0.316. The van der Waals surface area contributed by atoms with Crippen molar-refractivity contribution in [2.75, 3.05) is 18.7 Å². The minimum absolute atomic E-state index is 0.0500. The molecule has 2 aliphatic heterocycles. The number of anilines is 1. The third kappa shape index (κ3) is 2.30. The highest BCUT2D eigenvalue weighted by atomic mass is 16.7. The number of nitrogens with zero attached hydrogens (tertiary/aromatic N) is 2. The molecular formula is C19H20N2O2. The molecule has 0 aliphatic carbocycles. The van der Waals surface area contributed by atoms with Crippen LogP contribution < -0.4 is 5.06 Å². The summed E-state index contributed by atoms with van der Waals surface area (Å²) < 4.78 is 0. The predicted octanol–water partition coefficient (Wildman–Crippen LogP) is 3.17. The fourth-order valence-corrected chi connectivity index (χ4v) is 3.60. The zero-order valence-corrected chi connectivity index (χ0v) is 13.2. The number of hydroxylamine groups is 1. The van der Waals surface area contributed by atoms with Crippen molar-refractivity contribution >= 4 is 11.6 Å². The van der Waals surface area contributed by atoms with Crippen LogP contribution in [0.5, 0.6) is 0 Å². The van der Waals surface area contributed by atoms with Gasteiger partial charge in [-0.25, -0.2) is 5.06 Å². The molecule has 2 aromatic rings. The molecule has 2 aliphatic rings. The van der Waals surface area contributed by atoms with Crippen LogP contribution in [-0.4, -0.2) is 30.0 Å². The molecule has 2 saturated heterocycles. The van der Waals surface area contributed by atoms with Crippen LogP contribution in [-0.2, 0) is 9.63 Å². The first-order valence-electron chi connectivity index (χ1n) is 8.04. The highest BCUT2D eigenvalue weighted by Gasteiger charge is 2.55. The number of para-hydroxylation sites is 1. The minimum Gasteiger partial charge on any atom is -0.343 e. The number of rotatable bonds is 2. The van der Waals surface area contributed by atoms with Gasteiger partial charge in [0.05, 0.1) is 11.7 Å².